The third-order valence-corrected chi connectivity index (χ3v) is 2.86. The van der Waals surface area contributed by atoms with Crippen LogP contribution in [0.4, 0.5) is 0 Å². The second kappa shape index (κ2) is 6.39. The van der Waals surface area contributed by atoms with Crippen LogP contribution in [0.1, 0.15) is 46.0 Å². The van der Waals surface area contributed by atoms with Gasteiger partial charge in [0.15, 0.2) is 6.29 Å². The average Bonchev–Trinajstić information content (AvgIpc) is 2.21. The Balaban J connectivity index is 2.09. The molecule has 2 heteroatoms. The van der Waals surface area contributed by atoms with Crippen LogP contribution in [0, 0.1) is 5.92 Å². The lowest BCUT2D eigenvalue weighted by Crippen LogP contribution is -2.25. The van der Waals surface area contributed by atoms with Crippen LogP contribution in [0.5, 0.6) is 0 Å². The topological polar surface area (TPSA) is 18.5 Å². The molecule has 0 bridgehead atoms. The van der Waals surface area contributed by atoms with Gasteiger partial charge in [0.1, 0.15) is 0 Å². The Hall–Kier alpha value is -0.0800. The van der Waals surface area contributed by atoms with Gasteiger partial charge in [0, 0.05) is 0 Å². The first-order valence-corrected chi connectivity index (χ1v) is 5.60. The fraction of sp³-hybridized carbons (Fsp3) is 1.00. The number of ether oxygens (including phenoxy) is 2. The first kappa shape index (κ1) is 11.0. The molecule has 0 aromatic heterocycles. The first-order valence-electron chi connectivity index (χ1n) is 5.60. The minimum atomic E-state index is 0.0920. The van der Waals surface area contributed by atoms with Gasteiger partial charge in [-0.15, -0.1) is 0 Å². The minimum absolute atomic E-state index is 0.0920. The van der Waals surface area contributed by atoms with Crippen LogP contribution < -0.4 is 0 Å². The second-order valence-electron chi connectivity index (χ2n) is 3.78. The van der Waals surface area contributed by atoms with Crippen LogP contribution in [0.25, 0.3) is 0 Å². The van der Waals surface area contributed by atoms with Crippen LogP contribution >= 0.6 is 0 Å². The Morgan fingerprint density at radius 3 is 2.31 bits per heavy atom. The van der Waals surface area contributed by atoms with Crippen molar-refractivity contribution in [1.29, 1.82) is 0 Å². The van der Waals surface area contributed by atoms with E-state index in [-0.39, 0.29) is 6.29 Å². The van der Waals surface area contributed by atoms with Crippen LogP contribution in [0.3, 0.4) is 0 Å². The van der Waals surface area contributed by atoms with E-state index in [0.717, 1.165) is 32.0 Å². The molecule has 0 aliphatic carbocycles. The van der Waals surface area contributed by atoms with Crippen molar-refractivity contribution in [3.63, 3.8) is 0 Å². The zero-order valence-corrected chi connectivity index (χ0v) is 8.92. The molecule has 13 heavy (non-hydrogen) atoms. The van der Waals surface area contributed by atoms with Gasteiger partial charge < -0.3 is 9.47 Å². The molecular weight excluding hydrogens is 164 g/mol. The maximum absolute atomic E-state index is 5.50. The molecule has 0 aromatic rings. The highest BCUT2D eigenvalue weighted by Gasteiger charge is 2.15. The Bertz CT molecular complexity index is 115. The molecule has 1 rings (SSSR count). The van der Waals surface area contributed by atoms with Gasteiger partial charge >= 0.3 is 0 Å². The van der Waals surface area contributed by atoms with Crippen LogP contribution in [-0.2, 0) is 9.47 Å². The summed E-state index contributed by atoms with van der Waals surface area (Å²) in [6.45, 7) is 6.29. The molecule has 1 saturated heterocycles. The van der Waals surface area contributed by atoms with E-state index in [9.17, 15) is 0 Å². The van der Waals surface area contributed by atoms with Crippen molar-refractivity contribution >= 4 is 0 Å². The molecule has 1 fully saturated rings. The van der Waals surface area contributed by atoms with Crippen molar-refractivity contribution in [2.75, 3.05) is 13.2 Å². The van der Waals surface area contributed by atoms with Crippen molar-refractivity contribution < 1.29 is 9.47 Å². The van der Waals surface area contributed by atoms with Crippen molar-refractivity contribution in [3.8, 4) is 0 Å². The molecule has 0 radical (unpaired) electrons. The Morgan fingerprint density at radius 2 is 1.77 bits per heavy atom. The summed E-state index contributed by atoms with van der Waals surface area (Å²) in [6, 6.07) is 0. The fourth-order valence-corrected chi connectivity index (χ4v) is 1.77. The Kier molecular flexibility index (Phi) is 5.40. The predicted octanol–water partition coefficient (Wildman–Crippen LogP) is 2.97. The molecule has 1 heterocycles. The highest BCUT2D eigenvalue weighted by atomic mass is 16.7. The minimum Gasteiger partial charge on any atom is -0.353 e. The monoisotopic (exact) mass is 186 g/mol. The van der Waals surface area contributed by atoms with E-state index in [0.29, 0.717) is 0 Å². The summed E-state index contributed by atoms with van der Waals surface area (Å²) in [5, 5.41) is 0. The second-order valence-corrected chi connectivity index (χ2v) is 3.78. The molecule has 1 aliphatic rings. The third-order valence-electron chi connectivity index (χ3n) is 2.86. The predicted molar refractivity (Wildman–Crippen MR) is 53.6 cm³/mol. The summed E-state index contributed by atoms with van der Waals surface area (Å²) in [5.41, 5.74) is 0. The first-order chi connectivity index (χ1) is 6.36. The SMILES string of the molecule is CCC(CC)CCC1OCCCO1. The molecule has 78 valence electrons. The molecule has 0 atom stereocenters. The van der Waals surface area contributed by atoms with E-state index in [2.05, 4.69) is 13.8 Å². The van der Waals surface area contributed by atoms with Gasteiger partial charge in [0.25, 0.3) is 0 Å². The van der Waals surface area contributed by atoms with E-state index in [4.69, 9.17) is 9.47 Å². The van der Waals surface area contributed by atoms with Crippen molar-refractivity contribution in [1.82, 2.24) is 0 Å². The van der Waals surface area contributed by atoms with Gasteiger partial charge in [-0.25, -0.2) is 0 Å². The summed E-state index contributed by atoms with van der Waals surface area (Å²) < 4.78 is 11.0. The van der Waals surface area contributed by atoms with Crippen LogP contribution in [0.2, 0.25) is 0 Å². The zero-order valence-electron chi connectivity index (χ0n) is 8.92. The Labute approximate surface area is 81.6 Å². The van der Waals surface area contributed by atoms with E-state index in [1.807, 2.05) is 0 Å². The van der Waals surface area contributed by atoms with Gasteiger partial charge in [-0.05, 0) is 25.2 Å². The largest absolute Gasteiger partial charge is 0.353 e. The molecule has 0 amide bonds. The highest BCUT2D eigenvalue weighted by molar-refractivity contribution is 4.58. The number of rotatable bonds is 5. The van der Waals surface area contributed by atoms with Gasteiger partial charge in [-0.2, -0.15) is 0 Å². The summed E-state index contributed by atoms with van der Waals surface area (Å²) in [7, 11) is 0. The number of hydrogen-bond acceptors (Lipinski definition) is 2. The summed E-state index contributed by atoms with van der Waals surface area (Å²) >= 11 is 0. The lowest BCUT2D eigenvalue weighted by atomic mass is 9.97. The van der Waals surface area contributed by atoms with E-state index in [1.54, 1.807) is 0 Å². The van der Waals surface area contributed by atoms with Crippen molar-refractivity contribution in [2.45, 2.75) is 52.2 Å². The fourth-order valence-electron chi connectivity index (χ4n) is 1.77. The number of hydrogen-bond donors (Lipinski definition) is 0. The van der Waals surface area contributed by atoms with E-state index >= 15 is 0 Å². The van der Waals surface area contributed by atoms with E-state index in [1.165, 1.54) is 19.3 Å². The Morgan fingerprint density at radius 1 is 1.15 bits per heavy atom. The molecule has 2 nitrogen and oxygen atoms in total. The quantitative estimate of drug-likeness (QED) is 0.657. The average molecular weight is 186 g/mol. The van der Waals surface area contributed by atoms with Gasteiger partial charge in [-0.3, -0.25) is 0 Å². The van der Waals surface area contributed by atoms with Crippen molar-refractivity contribution in [2.24, 2.45) is 5.92 Å². The summed E-state index contributed by atoms with van der Waals surface area (Å²) in [6.07, 6.45) is 6.03. The molecule has 0 N–H and O–H groups in total. The van der Waals surface area contributed by atoms with Gasteiger partial charge in [0.2, 0.25) is 0 Å². The smallest absolute Gasteiger partial charge is 0.157 e. The van der Waals surface area contributed by atoms with Crippen LogP contribution in [-0.4, -0.2) is 19.5 Å². The third kappa shape index (κ3) is 4.10. The zero-order chi connectivity index (χ0) is 9.52. The van der Waals surface area contributed by atoms with Crippen LogP contribution in [0.15, 0.2) is 0 Å². The molecule has 0 spiro atoms. The van der Waals surface area contributed by atoms with Gasteiger partial charge in [-0.1, -0.05) is 26.7 Å². The lowest BCUT2D eigenvalue weighted by molar-refractivity contribution is -0.182. The maximum Gasteiger partial charge on any atom is 0.157 e. The highest BCUT2D eigenvalue weighted by Crippen LogP contribution is 2.19. The molecular formula is C11H22O2. The normalized spacial score (nSPS) is 19.6. The molecule has 0 unspecified atom stereocenters. The van der Waals surface area contributed by atoms with Crippen molar-refractivity contribution in [3.05, 3.63) is 0 Å². The van der Waals surface area contributed by atoms with E-state index < -0.39 is 0 Å². The van der Waals surface area contributed by atoms with Gasteiger partial charge in [0.05, 0.1) is 13.2 Å². The lowest BCUT2D eigenvalue weighted by Gasteiger charge is -2.24. The summed E-state index contributed by atoms with van der Waals surface area (Å²) in [5.74, 6) is 0.856. The standard InChI is InChI=1S/C11H22O2/c1-3-10(4-2)6-7-11-12-8-5-9-13-11/h10-11H,3-9H2,1-2H3. The molecule has 0 aromatic carbocycles. The summed E-state index contributed by atoms with van der Waals surface area (Å²) in [4.78, 5) is 0. The molecule has 1 aliphatic heterocycles. The maximum atomic E-state index is 5.50. The molecule has 0 saturated carbocycles.